The van der Waals surface area contributed by atoms with E-state index in [0.717, 1.165) is 17.9 Å². The summed E-state index contributed by atoms with van der Waals surface area (Å²) in [5.41, 5.74) is 3.36. The van der Waals surface area contributed by atoms with Crippen LogP contribution in [0.4, 0.5) is 0 Å². The standard InChI is InChI=1S/C17H21N3S/c1-12(2)17(15-7-6-10-21-15)18-11-14-13(3)19-16-8-4-5-9-20(14)16/h4-10,12,17-18H,11H2,1-3H3. The average molecular weight is 299 g/mol. The first-order valence-electron chi connectivity index (χ1n) is 7.36. The van der Waals surface area contributed by atoms with Crippen molar-refractivity contribution in [3.8, 4) is 0 Å². The number of rotatable bonds is 5. The Kier molecular flexibility index (Phi) is 4.08. The molecule has 0 amide bonds. The van der Waals surface area contributed by atoms with Gasteiger partial charge in [-0.3, -0.25) is 0 Å². The van der Waals surface area contributed by atoms with Gasteiger partial charge in [0.05, 0.1) is 11.4 Å². The molecule has 0 spiro atoms. The third kappa shape index (κ3) is 2.87. The molecule has 0 fully saturated rings. The second kappa shape index (κ2) is 6.00. The highest BCUT2D eigenvalue weighted by Gasteiger charge is 2.17. The number of aryl methyl sites for hydroxylation is 1. The Morgan fingerprint density at radius 1 is 1.24 bits per heavy atom. The van der Waals surface area contributed by atoms with E-state index in [1.165, 1.54) is 10.6 Å². The van der Waals surface area contributed by atoms with Crippen LogP contribution in [-0.2, 0) is 6.54 Å². The smallest absolute Gasteiger partial charge is 0.137 e. The van der Waals surface area contributed by atoms with E-state index in [2.05, 4.69) is 71.3 Å². The van der Waals surface area contributed by atoms with Crippen LogP contribution in [0.2, 0.25) is 0 Å². The van der Waals surface area contributed by atoms with E-state index in [4.69, 9.17) is 0 Å². The lowest BCUT2D eigenvalue weighted by Crippen LogP contribution is -2.25. The molecule has 1 unspecified atom stereocenters. The van der Waals surface area contributed by atoms with E-state index in [9.17, 15) is 0 Å². The number of thiophene rings is 1. The molecule has 1 atom stereocenters. The lowest BCUT2D eigenvalue weighted by atomic mass is 10.0. The number of hydrogen-bond donors (Lipinski definition) is 1. The Morgan fingerprint density at radius 3 is 2.81 bits per heavy atom. The van der Waals surface area contributed by atoms with Gasteiger partial charge in [-0.1, -0.05) is 26.0 Å². The fourth-order valence-corrected chi connectivity index (χ4v) is 3.69. The van der Waals surface area contributed by atoms with Crippen LogP contribution in [0.3, 0.4) is 0 Å². The first-order valence-corrected chi connectivity index (χ1v) is 8.24. The molecule has 0 bridgehead atoms. The number of nitrogens with one attached hydrogen (secondary N) is 1. The summed E-state index contributed by atoms with van der Waals surface area (Å²) in [5.74, 6) is 0.558. The highest BCUT2D eigenvalue weighted by molar-refractivity contribution is 7.10. The lowest BCUT2D eigenvalue weighted by molar-refractivity contribution is 0.413. The molecule has 0 radical (unpaired) electrons. The second-order valence-corrected chi connectivity index (χ2v) is 6.67. The van der Waals surface area contributed by atoms with Crippen molar-refractivity contribution in [2.75, 3.05) is 0 Å². The molecule has 1 N–H and O–H groups in total. The molecule has 3 heterocycles. The highest BCUT2D eigenvalue weighted by Crippen LogP contribution is 2.26. The van der Waals surface area contributed by atoms with Gasteiger partial charge in [0.25, 0.3) is 0 Å². The van der Waals surface area contributed by atoms with Crippen LogP contribution in [0.25, 0.3) is 5.65 Å². The molecular weight excluding hydrogens is 278 g/mol. The van der Waals surface area contributed by atoms with E-state index in [0.29, 0.717) is 12.0 Å². The Morgan fingerprint density at radius 2 is 2.10 bits per heavy atom. The van der Waals surface area contributed by atoms with Gasteiger partial charge in [-0.2, -0.15) is 0 Å². The molecule has 0 aliphatic carbocycles. The molecule has 0 saturated heterocycles. The summed E-state index contributed by atoms with van der Waals surface area (Å²) in [6.45, 7) is 7.44. The van der Waals surface area contributed by atoms with Crippen molar-refractivity contribution < 1.29 is 0 Å². The Balaban J connectivity index is 1.83. The highest BCUT2D eigenvalue weighted by atomic mass is 32.1. The fraction of sp³-hybridized carbons (Fsp3) is 0.353. The monoisotopic (exact) mass is 299 g/mol. The van der Waals surface area contributed by atoms with Gasteiger partial charge in [0.1, 0.15) is 5.65 Å². The van der Waals surface area contributed by atoms with E-state index in [-0.39, 0.29) is 0 Å². The maximum atomic E-state index is 4.62. The van der Waals surface area contributed by atoms with Gasteiger partial charge >= 0.3 is 0 Å². The summed E-state index contributed by atoms with van der Waals surface area (Å²) in [6, 6.07) is 10.9. The normalized spacial score (nSPS) is 13.1. The maximum absolute atomic E-state index is 4.62. The van der Waals surface area contributed by atoms with Gasteiger partial charge < -0.3 is 9.72 Å². The van der Waals surface area contributed by atoms with Gasteiger partial charge in [0.2, 0.25) is 0 Å². The number of imidazole rings is 1. The third-order valence-electron chi connectivity index (χ3n) is 3.83. The molecule has 3 aromatic heterocycles. The number of fused-ring (bicyclic) bond motifs is 1. The predicted octanol–water partition coefficient (Wildman–Crippen LogP) is 4.19. The molecule has 0 aromatic carbocycles. The molecule has 3 aromatic rings. The van der Waals surface area contributed by atoms with Crippen molar-refractivity contribution >= 4 is 17.0 Å². The maximum Gasteiger partial charge on any atom is 0.137 e. The number of hydrogen-bond acceptors (Lipinski definition) is 3. The van der Waals surface area contributed by atoms with Gasteiger partial charge in [-0.25, -0.2) is 4.98 Å². The predicted molar refractivity (Wildman–Crippen MR) is 88.7 cm³/mol. The van der Waals surface area contributed by atoms with Crippen LogP contribution in [0.5, 0.6) is 0 Å². The van der Waals surface area contributed by atoms with E-state index < -0.39 is 0 Å². The molecule has 4 heteroatoms. The van der Waals surface area contributed by atoms with E-state index >= 15 is 0 Å². The lowest BCUT2D eigenvalue weighted by Gasteiger charge is -2.21. The molecular formula is C17H21N3S. The van der Waals surface area contributed by atoms with Crippen molar-refractivity contribution in [1.82, 2.24) is 14.7 Å². The Labute approximate surface area is 129 Å². The van der Waals surface area contributed by atoms with Crippen LogP contribution in [0.15, 0.2) is 41.9 Å². The topological polar surface area (TPSA) is 29.3 Å². The minimum atomic E-state index is 0.388. The number of nitrogens with zero attached hydrogens (tertiary/aromatic N) is 2. The van der Waals surface area contributed by atoms with Gasteiger partial charge in [-0.05, 0) is 36.4 Å². The van der Waals surface area contributed by atoms with Crippen molar-refractivity contribution in [3.05, 3.63) is 58.2 Å². The fourth-order valence-electron chi connectivity index (χ4n) is 2.72. The molecule has 0 aliphatic heterocycles. The van der Waals surface area contributed by atoms with Crippen LogP contribution in [0.1, 0.15) is 36.2 Å². The van der Waals surface area contributed by atoms with Crippen molar-refractivity contribution in [2.45, 2.75) is 33.4 Å². The summed E-state index contributed by atoms with van der Waals surface area (Å²) in [4.78, 5) is 6.02. The summed E-state index contributed by atoms with van der Waals surface area (Å²) >= 11 is 1.82. The van der Waals surface area contributed by atoms with Crippen molar-refractivity contribution in [3.63, 3.8) is 0 Å². The van der Waals surface area contributed by atoms with Gasteiger partial charge in [0, 0.05) is 23.7 Å². The Hall–Kier alpha value is -1.65. The molecule has 3 rings (SSSR count). The zero-order chi connectivity index (χ0) is 14.8. The minimum Gasteiger partial charge on any atom is -0.303 e. The van der Waals surface area contributed by atoms with Crippen LogP contribution in [-0.4, -0.2) is 9.38 Å². The summed E-state index contributed by atoms with van der Waals surface area (Å²) in [6.07, 6.45) is 2.09. The summed E-state index contributed by atoms with van der Waals surface area (Å²) in [5, 5.41) is 5.85. The largest absolute Gasteiger partial charge is 0.303 e. The number of aromatic nitrogens is 2. The summed E-state index contributed by atoms with van der Waals surface area (Å²) in [7, 11) is 0. The Bertz CT molecular complexity index is 713. The molecule has 110 valence electrons. The van der Waals surface area contributed by atoms with Crippen molar-refractivity contribution in [2.24, 2.45) is 5.92 Å². The molecule has 21 heavy (non-hydrogen) atoms. The number of pyridine rings is 1. The first kappa shape index (κ1) is 14.3. The van der Waals surface area contributed by atoms with Crippen LogP contribution >= 0.6 is 11.3 Å². The van der Waals surface area contributed by atoms with E-state index in [1.54, 1.807) is 0 Å². The van der Waals surface area contributed by atoms with Gasteiger partial charge in [0.15, 0.2) is 0 Å². The van der Waals surface area contributed by atoms with Crippen LogP contribution < -0.4 is 5.32 Å². The third-order valence-corrected chi connectivity index (χ3v) is 4.79. The van der Waals surface area contributed by atoms with Crippen LogP contribution in [0, 0.1) is 12.8 Å². The molecule has 3 nitrogen and oxygen atoms in total. The SMILES string of the molecule is Cc1nc2ccccn2c1CNC(c1cccs1)C(C)C. The average Bonchev–Trinajstić information content (AvgIpc) is 3.07. The van der Waals surface area contributed by atoms with E-state index in [1.807, 2.05) is 17.4 Å². The quantitative estimate of drug-likeness (QED) is 0.765. The minimum absolute atomic E-state index is 0.388. The zero-order valence-electron chi connectivity index (χ0n) is 12.7. The zero-order valence-corrected chi connectivity index (χ0v) is 13.5. The van der Waals surface area contributed by atoms with Crippen molar-refractivity contribution in [1.29, 1.82) is 0 Å². The molecule has 0 aliphatic rings. The first-order chi connectivity index (χ1) is 10.2. The summed E-state index contributed by atoms with van der Waals surface area (Å²) < 4.78 is 2.17. The molecule has 0 saturated carbocycles. The second-order valence-electron chi connectivity index (χ2n) is 5.69. The van der Waals surface area contributed by atoms with Gasteiger partial charge in [-0.15, -0.1) is 11.3 Å².